The van der Waals surface area contributed by atoms with Gasteiger partial charge in [0.05, 0.1) is 12.8 Å². The first-order valence-electron chi connectivity index (χ1n) is 6.12. The normalized spacial score (nSPS) is 10.3. The lowest BCUT2D eigenvalue weighted by Gasteiger charge is -2.14. The molecule has 0 spiro atoms. The molecule has 0 fully saturated rings. The smallest absolute Gasteiger partial charge is 0.255 e. The zero-order valence-electron chi connectivity index (χ0n) is 11.5. The predicted molar refractivity (Wildman–Crippen MR) is 89.2 cm³/mol. The first kappa shape index (κ1) is 15.7. The number of ether oxygens (including phenoxy) is 1. The largest absolute Gasteiger partial charge is 0.495 e. The maximum atomic E-state index is 12.3. The van der Waals surface area contributed by atoms with Crippen LogP contribution in [0.25, 0.3) is 0 Å². The monoisotopic (exact) mass is 368 g/mol. The number of rotatable bonds is 3. The summed E-state index contributed by atoms with van der Waals surface area (Å²) in [5.74, 6) is 0.276. The molecule has 0 unspecified atom stereocenters. The number of methoxy groups -OCH3 is 1. The highest BCUT2D eigenvalue weighted by molar-refractivity contribution is 9.10. The minimum absolute atomic E-state index is 0.298. The van der Waals surface area contributed by atoms with E-state index in [0.717, 1.165) is 10.0 Å². The fourth-order valence-corrected chi connectivity index (χ4v) is 2.76. The zero-order valence-corrected chi connectivity index (χ0v) is 13.9. The average molecular weight is 370 g/mol. The lowest BCUT2D eigenvalue weighted by atomic mass is 10.1. The van der Waals surface area contributed by atoms with Crippen LogP contribution in [0.2, 0.25) is 5.02 Å². The molecule has 6 heteroatoms. The summed E-state index contributed by atoms with van der Waals surface area (Å²) in [6, 6.07) is 8.40. The molecule has 0 aliphatic rings. The van der Waals surface area contributed by atoms with Crippen LogP contribution in [0.3, 0.4) is 0 Å². The van der Waals surface area contributed by atoms with E-state index in [9.17, 15) is 4.79 Å². The molecule has 0 aromatic heterocycles. The fraction of sp³-hybridized carbons (Fsp3) is 0.133. The van der Waals surface area contributed by atoms with Crippen LogP contribution in [0.5, 0.6) is 5.75 Å². The van der Waals surface area contributed by atoms with Crippen LogP contribution in [0.1, 0.15) is 15.9 Å². The zero-order chi connectivity index (χ0) is 15.6. The van der Waals surface area contributed by atoms with Crippen LogP contribution in [-0.2, 0) is 0 Å². The van der Waals surface area contributed by atoms with Crippen LogP contribution >= 0.6 is 27.5 Å². The number of nitrogen functional groups attached to an aromatic ring is 1. The molecule has 0 heterocycles. The molecule has 21 heavy (non-hydrogen) atoms. The Morgan fingerprint density at radius 3 is 2.62 bits per heavy atom. The van der Waals surface area contributed by atoms with E-state index in [1.54, 1.807) is 31.4 Å². The average Bonchev–Trinajstić information content (AvgIpc) is 2.40. The van der Waals surface area contributed by atoms with Crippen molar-refractivity contribution in [3.05, 3.63) is 51.0 Å². The fourth-order valence-electron chi connectivity index (χ4n) is 1.96. The van der Waals surface area contributed by atoms with Gasteiger partial charge in [-0.3, -0.25) is 4.79 Å². The van der Waals surface area contributed by atoms with Gasteiger partial charge in [-0.15, -0.1) is 0 Å². The summed E-state index contributed by atoms with van der Waals surface area (Å²) in [4.78, 5) is 12.3. The molecule has 2 aromatic rings. The van der Waals surface area contributed by atoms with Gasteiger partial charge in [-0.25, -0.2) is 0 Å². The van der Waals surface area contributed by atoms with Crippen molar-refractivity contribution in [3.8, 4) is 5.75 Å². The third-order valence-corrected chi connectivity index (χ3v) is 3.58. The van der Waals surface area contributed by atoms with Crippen LogP contribution in [0, 0.1) is 6.92 Å². The molecule has 0 saturated carbocycles. The van der Waals surface area contributed by atoms with Gasteiger partial charge in [0.2, 0.25) is 0 Å². The molecule has 110 valence electrons. The van der Waals surface area contributed by atoms with Crippen molar-refractivity contribution in [3.63, 3.8) is 0 Å². The summed E-state index contributed by atoms with van der Waals surface area (Å²) >= 11 is 9.31. The lowest BCUT2D eigenvalue weighted by molar-refractivity contribution is 0.102. The van der Waals surface area contributed by atoms with Gasteiger partial charge in [0, 0.05) is 20.7 Å². The van der Waals surface area contributed by atoms with Crippen LogP contribution < -0.4 is 15.8 Å². The van der Waals surface area contributed by atoms with E-state index in [4.69, 9.17) is 22.1 Å². The number of carbonyl (C=O) groups excluding carboxylic acids is 1. The number of benzene rings is 2. The van der Waals surface area contributed by atoms with Crippen molar-refractivity contribution in [2.24, 2.45) is 0 Å². The first-order valence-corrected chi connectivity index (χ1v) is 7.29. The highest BCUT2D eigenvalue weighted by Crippen LogP contribution is 2.32. The van der Waals surface area contributed by atoms with E-state index in [1.165, 1.54) is 0 Å². The number of nitrogens with one attached hydrogen (secondary N) is 1. The Morgan fingerprint density at radius 2 is 2.00 bits per heavy atom. The van der Waals surface area contributed by atoms with Crippen LogP contribution in [0.4, 0.5) is 11.4 Å². The van der Waals surface area contributed by atoms with Crippen molar-refractivity contribution in [2.45, 2.75) is 6.92 Å². The summed E-state index contributed by atoms with van der Waals surface area (Å²) < 4.78 is 6.17. The Hall–Kier alpha value is -1.72. The van der Waals surface area contributed by atoms with E-state index < -0.39 is 0 Å². The molecule has 4 nitrogen and oxygen atoms in total. The number of halogens is 2. The van der Waals surface area contributed by atoms with Gasteiger partial charge in [-0.2, -0.15) is 0 Å². The highest BCUT2D eigenvalue weighted by atomic mass is 79.9. The SMILES string of the molecule is COc1cc(Br)cc(C)c1NC(=O)c1cc(N)cc(Cl)c1. The predicted octanol–water partition coefficient (Wildman–Crippen LogP) is 4.25. The van der Waals surface area contributed by atoms with Crippen LogP contribution in [-0.4, -0.2) is 13.0 Å². The van der Waals surface area contributed by atoms with Crippen molar-refractivity contribution in [1.82, 2.24) is 0 Å². The van der Waals surface area contributed by atoms with Gasteiger partial charge in [0.15, 0.2) is 0 Å². The Morgan fingerprint density at radius 1 is 1.29 bits per heavy atom. The molecule has 1 amide bonds. The van der Waals surface area contributed by atoms with E-state index in [-0.39, 0.29) is 5.91 Å². The Bertz CT molecular complexity index is 684. The Labute approximate surface area is 136 Å². The standard InChI is InChI=1S/C15H14BrClN2O2/c1-8-3-10(16)6-13(21-2)14(8)19-15(20)9-4-11(17)7-12(18)5-9/h3-7H,18H2,1-2H3,(H,19,20). The molecule has 2 aromatic carbocycles. The topological polar surface area (TPSA) is 64.3 Å². The third-order valence-electron chi connectivity index (χ3n) is 2.90. The molecule has 0 atom stereocenters. The van der Waals surface area contributed by atoms with Crippen molar-refractivity contribution >= 4 is 44.8 Å². The van der Waals surface area contributed by atoms with Gasteiger partial charge in [0.1, 0.15) is 5.75 Å². The van der Waals surface area contributed by atoms with Gasteiger partial charge in [-0.1, -0.05) is 27.5 Å². The van der Waals surface area contributed by atoms with E-state index >= 15 is 0 Å². The van der Waals surface area contributed by atoms with E-state index in [1.807, 2.05) is 13.0 Å². The van der Waals surface area contributed by atoms with Gasteiger partial charge >= 0.3 is 0 Å². The Kier molecular flexibility index (Phi) is 4.75. The molecule has 0 aliphatic carbocycles. The van der Waals surface area contributed by atoms with E-state index in [0.29, 0.717) is 27.7 Å². The number of hydrogen-bond acceptors (Lipinski definition) is 3. The maximum absolute atomic E-state index is 12.3. The Balaban J connectivity index is 2.35. The molecular formula is C15H14BrClN2O2. The second-order valence-electron chi connectivity index (χ2n) is 4.53. The molecule has 0 aliphatic heterocycles. The molecule has 3 N–H and O–H groups in total. The third kappa shape index (κ3) is 3.68. The lowest BCUT2D eigenvalue weighted by Crippen LogP contribution is -2.14. The van der Waals surface area contributed by atoms with Gasteiger partial charge in [-0.05, 0) is 42.8 Å². The number of carbonyl (C=O) groups is 1. The first-order chi connectivity index (χ1) is 9.90. The maximum Gasteiger partial charge on any atom is 0.255 e. The number of nitrogens with two attached hydrogens (primary N) is 1. The quantitative estimate of drug-likeness (QED) is 0.795. The summed E-state index contributed by atoms with van der Waals surface area (Å²) in [7, 11) is 1.55. The second-order valence-corrected chi connectivity index (χ2v) is 5.88. The second kappa shape index (κ2) is 6.37. The summed E-state index contributed by atoms with van der Waals surface area (Å²) in [6.45, 7) is 1.88. The molecule has 0 radical (unpaired) electrons. The van der Waals surface area contributed by atoms with Crippen LogP contribution in [0.15, 0.2) is 34.8 Å². The number of anilines is 2. The van der Waals surface area contributed by atoms with Crippen molar-refractivity contribution in [1.29, 1.82) is 0 Å². The number of aryl methyl sites for hydroxylation is 1. The summed E-state index contributed by atoms with van der Waals surface area (Å²) in [6.07, 6.45) is 0. The van der Waals surface area contributed by atoms with Gasteiger partial charge in [0.25, 0.3) is 5.91 Å². The highest BCUT2D eigenvalue weighted by Gasteiger charge is 2.14. The molecule has 2 rings (SSSR count). The number of amides is 1. The van der Waals surface area contributed by atoms with Gasteiger partial charge < -0.3 is 15.8 Å². The summed E-state index contributed by atoms with van der Waals surface area (Å²) in [5.41, 5.74) is 8.03. The summed E-state index contributed by atoms with van der Waals surface area (Å²) in [5, 5.41) is 3.25. The number of hydrogen-bond donors (Lipinski definition) is 2. The van der Waals surface area contributed by atoms with Crippen molar-refractivity contribution in [2.75, 3.05) is 18.2 Å². The molecule has 0 bridgehead atoms. The minimum atomic E-state index is -0.298. The molecular weight excluding hydrogens is 356 g/mol. The molecule has 0 saturated heterocycles. The van der Waals surface area contributed by atoms with E-state index in [2.05, 4.69) is 21.2 Å². The minimum Gasteiger partial charge on any atom is -0.495 e. The van der Waals surface area contributed by atoms with Crippen molar-refractivity contribution < 1.29 is 9.53 Å².